The Morgan fingerprint density at radius 2 is 1.88 bits per heavy atom. The maximum Gasteiger partial charge on any atom is 0.263 e. The molecule has 4 nitrogen and oxygen atoms in total. The zero-order valence-corrected chi connectivity index (χ0v) is 14.5. The van der Waals surface area contributed by atoms with Crippen LogP contribution in [-0.4, -0.2) is 10.5 Å². The van der Waals surface area contributed by atoms with Gasteiger partial charge in [-0.3, -0.25) is 9.59 Å². The Morgan fingerprint density at radius 1 is 1.08 bits per heavy atom. The number of aryl methyl sites for hydroxylation is 1. The quantitative estimate of drug-likeness (QED) is 0.768. The summed E-state index contributed by atoms with van der Waals surface area (Å²) in [6.45, 7) is 2.25. The van der Waals surface area contributed by atoms with Crippen LogP contribution >= 0.6 is 11.6 Å². The van der Waals surface area contributed by atoms with Gasteiger partial charge in [0.2, 0.25) is 0 Å². The van der Waals surface area contributed by atoms with Crippen molar-refractivity contribution in [2.24, 2.45) is 0 Å². The number of hydrogen-bond donors (Lipinski definition) is 1. The van der Waals surface area contributed by atoms with E-state index < -0.39 is 5.91 Å². The third-order valence-corrected chi connectivity index (χ3v) is 4.21. The van der Waals surface area contributed by atoms with Crippen LogP contribution in [-0.2, 0) is 6.54 Å². The molecule has 5 heteroatoms. The first-order valence-electron chi connectivity index (χ1n) is 7.85. The number of hydrogen-bond acceptors (Lipinski definition) is 2. The summed E-state index contributed by atoms with van der Waals surface area (Å²) in [6, 6.07) is 18.0. The number of rotatable bonds is 4. The van der Waals surface area contributed by atoms with E-state index in [2.05, 4.69) is 5.32 Å². The Hall–Kier alpha value is -2.85. The van der Waals surface area contributed by atoms with Gasteiger partial charge in [-0.05, 0) is 48.4 Å². The van der Waals surface area contributed by atoms with Gasteiger partial charge in [-0.15, -0.1) is 0 Å². The van der Waals surface area contributed by atoms with Crippen molar-refractivity contribution in [2.75, 3.05) is 5.32 Å². The molecule has 25 heavy (non-hydrogen) atoms. The van der Waals surface area contributed by atoms with Crippen molar-refractivity contribution in [3.05, 3.63) is 98.9 Å². The zero-order chi connectivity index (χ0) is 17.8. The van der Waals surface area contributed by atoms with Crippen molar-refractivity contribution in [1.29, 1.82) is 0 Å². The average molecular weight is 353 g/mol. The standard InChI is InChI=1S/C20H17ClN2O2/c1-14-6-4-8-16(12-14)22-19(24)17-9-5-11-23(20(17)25)13-15-7-2-3-10-18(15)21/h2-12H,13H2,1H3,(H,22,24). The fourth-order valence-corrected chi connectivity index (χ4v) is 2.76. The van der Waals surface area contributed by atoms with Gasteiger partial charge in [-0.25, -0.2) is 0 Å². The highest BCUT2D eigenvalue weighted by atomic mass is 35.5. The van der Waals surface area contributed by atoms with E-state index in [4.69, 9.17) is 11.6 Å². The van der Waals surface area contributed by atoms with Crippen LogP contribution in [0.25, 0.3) is 0 Å². The minimum atomic E-state index is -0.427. The maximum absolute atomic E-state index is 12.6. The fourth-order valence-electron chi connectivity index (χ4n) is 2.57. The van der Waals surface area contributed by atoms with Crippen molar-refractivity contribution >= 4 is 23.2 Å². The van der Waals surface area contributed by atoms with Crippen molar-refractivity contribution in [3.63, 3.8) is 0 Å². The highest BCUT2D eigenvalue weighted by molar-refractivity contribution is 6.31. The van der Waals surface area contributed by atoms with Gasteiger partial charge in [0.05, 0.1) is 6.54 Å². The van der Waals surface area contributed by atoms with Crippen molar-refractivity contribution < 1.29 is 4.79 Å². The van der Waals surface area contributed by atoms with Crippen LogP contribution in [0, 0.1) is 6.92 Å². The number of carbonyl (C=O) groups is 1. The van der Waals surface area contributed by atoms with Crippen molar-refractivity contribution in [2.45, 2.75) is 13.5 Å². The largest absolute Gasteiger partial charge is 0.322 e. The van der Waals surface area contributed by atoms with Gasteiger partial charge in [-0.1, -0.05) is 41.9 Å². The SMILES string of the molecule is Cc1cccc(NC(=O)c2cccn(Cc3ccccc3Cl)c2=O)c1. The molecule has 2 aromatic carbocycles. The van der Waals surface area contributed by atoms with Crippen LogP contribution in [0.15, 0.2) is 71.7 Å². The average Bonchev–Trinajstić information content (AvgIpc) is 2.58. The molecule has 126 valence electrons. The first-order chi connectivity index (χ1) is 12.0. The van der Waals surface area contributed by atoms with Crippen LogP contribution in [0.3, 0.4) is 0 Å². The van der Waals surface area contributed by atoms with Gasteiger partial charge < -0.3 is 9.88 Å². The summed E-state index contributed by atoms with van der Waals surface area (Å²) in [4.78, 5) is 25.1. The zero-order valence-electron chi connectivity index (χ0n) is 13.7. The number of anilines is 1. The van der Waals surface area contributed by atoms with Crippen molar-refractivity contribution in [3.8, 4) is 0 Å². The lowest BCUT2D eigenvalue weighted by atomic mass is 10.2. The molecule has 0 aliphatic carbocycles. The molecule has 1 amide bonds. The number of halogens is 1. The Balaban J connectivity index is 1.87. The topological polar surface area (TPSA) is 51.1 Å². The Kier molecular flexibility index (Phi) is 5.00. The van der Waals surface area contributed by atoms with Crippen LogP contribution in [0.5, 0.6) is 0 Å². The van der Waals surface area contributed by atoms with Gasteiger partial charge in [0, 0.05) is 16.9 Å². The summed E-state index contributed by atoms with van der Waals surface area (Å²) in [5.41, 5.74) is 2.25. The minimum Gasteiger partial charge on any atom is -0.322 e. The molecule has 0 aliphatic heterocycles. The fraction of sp³-hybridized carbons (Fsp3) is 0.100. The van der Waals surface area contributed by atoms with E-state index in [0.717, 1.165) is 11.1 Å². The molecule has 1 N–H and O–H groups in total. The first kappa shape index (κ1) is 17.0. The summed E-state index contributed by atoms with van der Waals surface area (Å²) >= 11 is 6.16. The first-order valence-corrected chi connectivity index (χ1v) is 8.23. The van der Waals surface area contributed by atoms with E-state index in [1.54, 1.807) is 24.4 Å². The number of nitrogens with zero attached hydrogens (tertiary/aromatic N) is 1. The van der Waals surface area contributed by atoms with Gasteiger partial charge in [0.1, 0.15) is 5.56 Å². The minimum absolute atomic E-state index is 0.0936. The number of nitrogens with one attached hydrogen (secondary N) is 1. The van der Waals surface area contributed by atoms with Crippen molar-refractivity contribution in [1.82, 2.24) is 4.57 Å². The van der Waals surface area contributed by atoms with E-state index in [9.17, 15) is 9.59 Å². The Morgan fingerprint density at radius 3 is 2.64 bits per heavy atom. The summed E-state index contributed by atoms with van der Waals surface area (Å²) in [5.74, 6) is -0.427. The lowest BCUT2D eigenvalue weighted by Crippen LogP contribution is -2.29. The molecule has 0 saturated heterocycles. The molecule has 0 fully saturated rings. The van der Waals surface area contributed by atoms with E-state index in [0.29, 0.717) is 17.3 Å². The molecule has 3 rings (SSSR count). The normalized spacial score (nSPS) is 10.5. The molecule has 3 aromatic rings. The molecule has 0 saturated carbocycles. The van der Waals surface area contributed by atoms with Crippen LogP contribution < -0.4 is 10.9 Å². The van der Waals surface area contributed by atoms with Gasteiger partial charge >= 0.3 is 0 Å². The van der Waals surface area contributed by atoms with Crippen LogP contribution in [0.1, 0.15) is 21.5 Å². The molecular formula is C20H17ClN2O2. The van der Waals surface area contributed by atoms with E-state index in [-0.39, 0.29) is 11.1 Å². The molecular weight excluding hydrogens is 336 g/mol. The predicted octanol–water partition coefficient (Wildman–Crippen LogP) is 4.11. The number of benzene rings is 2. The Labute approximate surface area is 150 Å². The lowest BCUT2D eigenvalue weighted by Gasteiger charge is -2.10. The summed E-state index contributed by atoms with van der Waals surface area (Å²) in [6.07, 6.45) is 1.65. The highest BCUT2D eigenvalue weighted by Crippen LogP contribution is 2.16. The summed E-state index contributed by atoms with van der Waals surface area (Å²) < 4.78 is 1.48. The molecule has 1 aromatic heterocycles. The third kappa shape index (κ3) is 3.98. The highest BCUT2D eigenvalue weighted by Gasteiger charge is 2.13. The maximum atomic E-state index is 12.6. The summed E-state index contributed by atoms with van der Waals surface area (Å²) in [5, 5.41) is 3.35. The number of aromatic nitrogens is 1. The molecule has 0 spiro atoms. The second kappa shape index (κ2) is 7.36. The molecule has 0 radical (unpaired) electrons. The third-order valence-electron chi connectivity index (χ3n) is 3.84. The second-order valence-corrected chi connectivity index (χ2v) is 6.18. The van der Waals surface area contributed by atoms with E-state index in [1.165, 1.54) is 10.6 Å². The van der Waals surface area contributed by atoms with E-state index in [1.807, 2.05) is 43.3 Å². The van der Waals surface area contributed by atoms with Gasteiger partial charge in [0.15, 0.2) is 0 Å². The van der Waals surface area contributed by atoms with Crippen LogP contribution in [0.4, 0.5) is 5.69 Å². The van der Waals surface area contributed by atoms with Crippen LogP contribution in [0.2, 0.25) is 5.02 Å². The smallest absolute Gasteiger partial charge is 0.263 e. The summed E-state index contributed by atoms with van der Waals surface area (Å²) in [7, 11) is 0. The number of pyridine rings is 1. The molecule has 0 unspecified atom stereocenters. The van der Waals surface area contributed by atoms with E-state index >= 15 is 0 Å². The van der Waals surface area contributed by atoms with Gasteiger partial charge in [-0.2, -0.15) is 0 Å². The molecule has 0 bridgehead atoms. The van der Waals surface area contributed by atoms with Gasteiger partial charge in [0.25, 0.3) is 11.5 Å². The second-order valence-electron chi connectivity index (χ2n) is 5.77. The predicted molar refractivity (Wildman–Crippen MR) is 100 cm³/mol. The molecule has 1 heterocycles. The monoisotopic (exact) mass is 352 g/mol. The Bertz CT molecular complexity index is 979. The molecule has 0 aliphatic rings. The lowest BCUT2D eigenvalue weighted by molar-refractivity contribution is 0.102. The molecule has 0 atom stereocenters. The number of carbonyl (C=O) groups excluding carboxylic acids is 1. The number of amides is 1.